The van der Waals surface area contributed by atoms with Gasteiger partial charge in [-0.25, -0.2) is 0 Å². The molecular formula is AgNiSZn. The molecule has 0 aromatic rings. The van der Waals surface area contributed by atoms with E-state index in [0.29, 0.717) is 0 Å². The summed E-state index contributed by atoms with van der Waals surface area (Å²) in [4.78, 5) is 0. The third kappa shape index (κ3) is 8.95. The second kappa shape index (κ2) is 19.6. The third-order valence-electron chi connectivity index (χ3n) is 0. The summed E-state index contributed by atoms with van der Waals surface area (Å²) in [5.41, 5.74) is 0. The van der Waals surface area contributed by atoms with Crippen LogP contribution in [0, 0.1) is 0 Å². The predicted molar refractivity (Wildman–Crippen MR) is 7.59 cm³/mol. The Morgan fingerprint density at radius 2 is 1.25 bits per heavy atom. The molecule has 0 spiro atoms. The zero-order valence-electron chi connectivity index (χ0n) is 1.73. The van der Waals surface area contributed by atoms with E-state index in [9.17, 15) is 0 Å². The minimum absolute atomic E-state index is 0. The van der Waals surface area contributed by atoms with Gasteiger partial charge in [0.15, 0.2) is 0 Å². The molecule has 0 atom stereocenters. The van der Waals surface area contributed by atoms with E-state index >= 15 is 0 Å². The molecule has 0 amide bonds. The summed E-state index contributed by atoms with van der Waals surface area (Å²) < 4.78 is 0. The van der Waals surface area contributed by atoms with Crippen LogP contribution in [0.2, 0.25) is 0 Å². The van der Waals surface area contributed by atoms with E-state index in [-0.39, 0.29) is 38.9 Å². The molecule has 4 heavy (non-hydrogen) atoms. The fraction of sp³-hybridized carbons (Fsp3) is 0. The van der Waals surface area contributed by atoms with Gasteiger partial charge in [-0.3, -0.25) is 0 Å². The van der Waals surface area contributed by atoms with Gasteiger partial charge in [0, 0.05) is 38.9 Å². The molecule has 0 aliphatic carbocycles. The van der Waals surface area contributed by atoms with E-state index in [4.69, 9.17) is 0 Å². The molecule has 0 saturated carbocycles. The Morgan fingerprint density at radius 3 is 1.25 bits per heavy atom. The van der Waals surface area contributed by atoms with E-state index in [0.717, 1.165) is 16.6 Å². The Hall–Kier alpha value is 2.08. The first kappa shape index (κ1) is 16.5. The van der Waals surface area contributed by atoms with Crippen LogP contribution in [0.25, 0.3) is 0 Å². The van der Waals surface area contributed by atoms with Crippen molar-refractivity contribution in [2.45, 2.75) is 0 Å². The topological polar surface area (TPSA) is 0 Å². The number of hydrogen-bond acceptors (Lipinski definition) is 1. The van der Waals surface area contributed by atoms with Crippen molar-refractivity contribution in [2.24, 2.45) is 0 Å². The first-order valence-electron chi connectivity index (χ1n) is 0.289. The van der Waals surface area contributed by atoms with Gasteiger partial charge in [-0.15, -0.1) is 0 Å². The zero-order chi connectivity index (χ0) is 2.00. The van der Waals surface area contributed by atoms with E-state index in [1.165, 1.54) is 0 Å². The molecule has 0 aromatic heterocycles. The average Bonchev–Trinajstić information content (AvgIpc) is 1.00. The molecule has 1 radical (unpaired) electrons. The molecule has 0 nitrogen and oxygen atoms in total. The van der Waals surface area contributed by atoms with Crippen molar-refractivity contribution < 1.29 is 55.4 Å². The fourth-order valence-corrected chi connectivity index (χ4v) is 0. The van der Waals surface area contributed by atoms with Gasteiger partial charge < -0.3 is 0 Å². The maximum atomic E-state index is 4.21. The van der Waals surface area contributed by atoms with Gasteiger partial charge in [0.1, 0.15) is 0 Å². The van der Waals surface area contributed by atoms with Crippen LogP contribution in [0.15, 0.2) is 0 Å². The molecule has 0 rings (SSSR count). The van der Waals surface area contributed by atoms with Gasteiger partial charge in [-0.2, -0.15) is 0 Å². The fourth-order valence-electron chi connectivity index (χ4n) is 0. The van der Waals surface area contributed by atoms with Crippen LogP contribution in [0.1, 0.15) is 0 Å². The second-order valence-corrected chi connectivity index (χ2v) is 0. The summed E-state index contributed by atoms with van der Waals surface area (Å²) in [5.74, 6) is 0. The predicted octanol–water partition coefficient (Wildman–Crippen LogP) is 0.641. The van der Waals surface area contributed by atoms with Gasteiger partial charge in [0.2, 0.25) is 0 Å². The van der Waals surface area contributed by atoms with Crippen LogP contribution in [0.3, 0.4) is 0 Å². The summed E-state index contributed by atoms with van der Waals surface area (Å²) in [6.45, 7) is 0. The van der Waals surface area contributed by atoms with Crippen LogP contribution in [-0.4, -0.2) is 0 Å². The Bertz CT molecular complexity index is 8.00. The molecule has 0 saturated heterocycles. The van der Waals surface area contributed by atoms with E-state index < -0.39 is 0 Å². The zero-order valence-corrected chi connectivity index (χ0v) is 7.99. The molecule has 4 heteroatoms. The van der Waals surface area contributed by atoms with Gasteiger partial charge in [0.25, 0.3) is 0 Å². The Balaban J connectivity index is -0.00000000500. The van der Waals surface area contributed by atoms with Crippen LogP contribution in [0.4, 0.5) is 0 Å². The van der Waals surface area contributed by atoms with Crippen LogP contribution >= 0.6 is 10.1 Å². The Kier molecular flexibility index (Phi) is 80.9. The second-order valence-electron chi connectivity index (χ2n) is 0. The van der Waals surface area contributed by atoms with E-state index in [1.807, 2.05) is 0 Å². The first-order chi connectivity index (χ1) is 1.00. The molecule has 0 aliphatic rings. The molecule has 29 valence electrons. The van der Waals surface area contributed by atoms with Gasteiger partial charge in [-0.05, 0) is 0 Å². The van der Waals surface area contributed by atoms with E-state index in [2.05, 4.69) is 10.1 Å². The van der Waals surface area contributed by atoms with Gasteiger partial charge in [0.05, 0.1) is 0 Å². The van der Waals surface area contributed by atoms with Crippen molar-refractivity contribution in [1.29, 1.82) is 0 Å². The SMILES string of the molecule is [Ag].[Ni].[S]=[Zn]. The van der Waals surface area contributed by atoms with Crippen LogP contribution < -0.4 is 0 Å². The summed E-state index contributed by atoms with van der Waals surface area (Å²) in [6, 6.07) is 0. The monoisotopic (exact) mass is 261 g/mol. The van der Waals surface area contributed by atoms with Gasteiger partial charge in [-0.1, -0.05) is 0 Å². The van der Waals surface area contributed by atoms with E-state index in [1.54, 1.807) is 0 Å². The summed E-state index contributed by atoms with van der Waals surface area (Å²) >= 11 is 0.958. The minimum atomic E-state index is 0. The Labute approximate surface area is 64.8 Å². The molecule has 0 bridgehead atoms. The molecular weight excluding hydrogens is 264 g/mol. The summed E-state index contributed by atoms with van der Waals surface area (Å²) in [5, 5.41) is 0. The Morgan fingerprint density at radius 1 is 1.25 bits per heavy atom. The molecule has 0 aromatic carbocycles. The number of hydrogen-bond donors (Lipinski definition) is 0. The average molecular weight is 264 g/mol. The molecule has 0 unspecified atom stereocenters. The molecule has 0 aliphatic heterocycles. The van der Waals surface area contributed by atoms with Crippen molar-refractivity contribution in [3.05, 3.63) is 0 Å². The van der Waals surface area contributed by atoms with Crippen molar-refractivity contribution in [2.75, 3.05) is 0 Å². The molecule has 0 fully saturated rings. The summed E-state index contributed by atoms with van der Waals surface area (Å²) in [6.07, 6.45) is 0. The van der Waals surface area contributed by atoms with Crippen molar-refractivity contribution in [3.63, 3.8) is 0 Å². The van der Waals surface area contributed by atoms with Gasteiger partial charge >= 0.3 is 26.7 Å². The van der Waals surface area contributed by atoms with Crippen molar-refractivity contribution >= 4 is 10.1 Å². The number of rotatable bonds is 0. The standard InChI is InChI=1S/Ag.Ni.S.Zn. The van der Waals surface area contributed by atoms with Crippen LogP contribution in [-0.2, 0) is 55.4 Å². The third-order valence-corrected chi connectivity index (χ3v) is 0. The summed E-state index contributed by atoms with van der Waals surface area (Å²) in [7, 11) is 4.21. The van der Waals surface area contributed by atoms with Crippen molar-refractivity contribution in [1.82, 2.24) is 0 Å². The quantitative estimate of drug-likeness (QED) is 0.579. The molecule has 0 N–H and O–H groups in total. The first-order valence-corrected chi connectivity index (χ1v) is 4.50. The molecule has 0 heterocycles. The maximum absolute atomic E-state index is 4.21. The van der Waals surface area contributed by atoms with Crippen LogP contribution in [0.5, 0.6) is 0 Å². The normalized spacial score (nSPS) is 1.50. The van der Waals surface area contributed by atoms with Crippen molar-refractivity contribution in [3.8, 4) is 0 Å².